The van der Waals surface area contributed by atoms with Crippen LogP contribution < -0.4 is 4.74 Å². The minimum Gasteiger partial charge on any atom is -0.439 e. The molecule has 0 N–H and O–H groups in total. The minimum absolute atomic E-state index is 0.145. The van der Waals surface area contributed by atoms with Gasteiger partial charge in [-0.2, -0.15) is 13.2 Å². The molecule has 0 atom stereocenters. The smallest absolute Gasteiger partial charge is 0.419 e. The summed E-state index contributed by atoms with van der Waals surface area (Å²) in [4.78, 5) is 3.60. The number of halogens is 6. The van der Waals surface area contributed by atoms with E-state index in [2.05, 4.69) is 4.98 Å². The zero-order chi connectivity index (χ0) is 15.6. The highest BCUT2D eigenvalue weighted by Crippen LogP contribution is 2.35. The molecule has 0 aliphatic heterocycles. The number of hydrogen-bond acceptors (Lipinski definition) is 2. The van der Waals surface area contributed by atoms with Gasteiger partial charge in [0.15, 0.2) is 0 Å². The molecule has 1 aromatic carbocycles. The van der Waals surface area contributed by atoms with Gasteiger partial charge in [0.05, 0.1) is 17.6 Å². The van der Waals surface area contributed by atoms with Crippen LogP contribution in [0.2, 0.25) is 0 Å². The van der Waals surface area contributed by atoms with Gasteiger partial charge >= 0.3 is 6.18 Å². The predicted octanol–water partition coefficient (Wildman–Crippen LogP) is 4.91. The van der Waals surface area contributed by atoms with Crippen LogP contribution in [0.15, 0.2) is 30.5 Å². The van der Waals surface area contributed by atoms with Gasteiger partial charge in [0.2, 0.25) is 5.88 Å². The Kier molecular flexibility index (Phi) is 4.32. The summed E-state index contributed by atoms with van der Waals surface area (Å²) in [6.07, 6.45) is -4.02. The van der Waals surface area contributed by atoms with Gasteiger partial charge < -0.3 is 4.74 Å². The van der Waals surface area contributed by atoms with Crippen LogP contribution in [0.3, 0.4) is 0 Å². The Balaban J connectivity index is 2.37. The molecule has 0 saturated carbocycles. The number of benzene rings is 1. The van der Waals surface area contributed by atoms with E-state index in [1.54, 1.807) is 0 Å². The first kappa shape index (κ1) is 15.5. The normalized spacial score (nSPS) is 11.5. The highest BCUT2D eigenvalue weighted by atomic mass is 35.5. The third-order valence-electron chi connectivity index (χ3n) is 2.49. The molecule has 1 heterocycles. The van der Waals surface area contributed by atoms with Crippen LogP contribution in [0.5, 0.6) is 11.6 Å². The highest BCUT2D eigenvalue weighted by Gasteiger charge is 2.34. The topological polar surface area (TPSA) is 22.1 Å². The summed E-state index contributed by atoms with van der Waals surface area (Å²) in [5.41, 5.74) is -1.30. The van der Waals surface area contributed by atoms with Crippen molar-refractivity contribution in [2.24, 2.45) is 0 Å². The minimum atomic E-state index is -4.85. The van der Waals surface area contributed by atoms with Crippen LogP contribution in [-0.2, 0) is 12.1 Å². The monoisotopic (exact) mass is 323 g/mol. The van der Waals surface area contributed by atoms with Crippen molar-refractivity contribution in [3.8, 4) is 11.6 Å². The molecule has 0 fully saturated rings. The molecular weight excluding hydrogens is 317 g/mol. The van der Waals surface area contributed by atoms with E-state index in [0.29, 0.717) is 12.1 Å². The standard InChI is InChI=1S/C13H7ClF5NO/c14-5-7-3-8(15)6-20-12(7)21-9-1-2-11(16)10(4-9)13(17,18)19/h1-4,6H,5H2. The summed E-state index contributed by atoms with van der Waals surface area (Å²) in [5, 5.41) is 0. The highest BCUT2D eigenvalue weighted by molar-refractivity contribution is 6.17. The summed E-state index contributed by atoms with van der Waals surface area (Å²) >= 11 is 5.57. The molecule has 2 aromatic rings. The fraction of sp³-hybridized carbons (Fsp3) is 0.154. The van der Waals surface area contributed by atoms with E-state index in [4.69, 9.17) is 16.3 Å². The van der Waals surface area contributed by atoms with Crippen molar-refractivity contribution >= 4 is 11.6 Å². The first-order valence-electron chi connectivity index (χ1n) is 5.56. The lowest BCUT2D eigenvalue weighted by Gasteiger charge is -2.12. The molecule has 2 rings (SSSR count). The van der Waals surface area contributed by atoms with Gasteiger partial charge in [0, 0.05) is 5.56 Å². The second-order valence-corrected chi connectivity index (χ2v) is 4.26. The summed E-state index contributed by atoms with van der Waals surface area (Å²) in [6, 6.07) is 3.18. The fourth-order valence-electron chi connectivity index (χ4n) is 1.55. The number of hydrogen-bond donors (Lipinski definition) is 0. The van der Waals surface area contributed by atoms with Crippen LogP contribution in [0.1, 0.15) is 11.1 Å². The summed E-state index contributed by atoms with van der Waals surface area (Å²) < 4.78 is 69.0. The molecule has 0 amide bonds. The van der Waals surface area contributed by atoms with E-state index in [1.807, 2.05) is 0 Å². The van der Waals surface area contributed by atoms with Crippen molar-refractivity contribution < 1.29 is 26.7 Å². The molecule has 0 aliphatic rings. The lowest BCUT2D eigenvalue weighted by atomic mass is 10.2. The zero-order valence-electron chi connectivity index (χ0n) is 10.2. The molecule has 0 spiro atoms. The summed E-state index contributed by atoms with van der Waals surface area (Å²) in [5.74, 6) is -2.65. The number of aromatic nitrogens is 1. The van der Waals surface area contributed by atoms with E-state index in [0.717, 1.165) is 18.3 Å². The van der Waals surface area contributed by atoms with E-state index >= 15 is 0 Å². The van der Waals surface area contributed by atoms with E-state index in [1.165, 1.54) is 0 Å². The summed E-state index contributed by atoms with van der Waals surface area (Å²) in [6.45, 7) is 0. The molecule has 0 aliphatic carbocycles. The van der Waals surface area contributed by atoms with Crippen molar-refractivity contribution in [1.82, 2.24) is 4.98 Å². The number of pyridine rings is 1. The van der Waals surface area contributed by atoms with E-state index in [9.17, 15) is 22.0 Å². The Morgan fingerprint density at radius 2 is 1.86 bits per heavy atom. The number of alkyl halides is 4. The van der Waals surface area contributed by atoms with Crippen LogP contribution in [0.4, 0.5) is 22.0 Å². The first-order valence-corrected chi connectivity index (χ1v) is 6.09. The third-order valence-corrected chi connectivity index (χ3v) is 2.78. The van der Waals surface area contributed by atoms with Crippen molar-refractivity contribution in [2.45, 2.75) is 12.1 Å². The molecular formula is C13H7ClF5NO. The maximum atomic E-state index is 13.1. The van der Waals surface area contributed by atoms with E-state index in [-0.39, 0.29) is 23.1 Å². The molecule has 0 saturated heterocycles. The Morgan fingerprint density at radius 1 is 1.14 bits per heavy atom. The number of ether oxygens (including phenoxy) is 1. The molecule has 112 valence electrons. The average molecular weight is 324 g/mol. The Hall–Kier alpha value is -1.89. The van der Waals surface area contributed by atoms with Crippen LogP contribution in [0.25, 0.3) is 0 Å². The van der Waals surface area contributed by atoms with Crippen molar-refractivity contribution in [1.29, 1.82) is 0 Å². The molecule has 21 heavy (non-hydrogen) atoms. The zero-order valence-corrected chi connectivity index (χ0v) is 11.0. The van der Waals surface area contributed by atoms with Gasteiger partial charge in [-0.25, -0.2) is 13.8 Å². The maximum absolute atomic E-state index is 13.1. The van der Waals surface area contributed by atoms with Gasteiger partial charge in [-0.3, -0.25) is 0 Å². The molecule has 0 bridgehead atoms. The quantitative estimate of drug-likeness (QED) is 0.591. The second-order valence-electron chi connectivity index (χ2n) is 3.99. The van der Waals surface area contributed by atoms with Crippen molar-refractivity contribution in [3.05, 3.63) is 53.2 Å². The average Bonchev–Trinajstić information content (AvgIpc) is 2.41. The fourth-order valence-corrected chi connectivity index (χ4v) is 1.74. The maximum Gasteiger partial charge on any atom is 0.419 e. The van der Waals surface area contributed by atoms with Crippen molar-refractivity contribution in [3.63, 3.8) is 0 Å². The van der Waals surface area contributed by atoms with Gasteiger partial charge in [-0.05, 0) is 24.3 Å². The molecule has 0 unspecified atom stereocenters. The van der Waals surface area contributed by atoms with Gasteiger partial charge in [0.25, 0.3) is 0 Å². The lowest BCUT2D eigenvalue weighted by molar-refractivity contribution is -0.140. The second kappa shape index (κ2) is 5.85. The summed E-state index contributed by atoms with van der Waals surface area (Å²) in [7, 11) is 0. The van der Waals surface area contributed by atoms with Crippen LogP contribution in [0, 0.1) is 11.6 Å². The first-order chi connectivity index (χ1) is 9.81. The molecule has 2 nitrogen and oxygen atoms in total. The molecule has 8 heteroatoms. The van der Waals surface area contributed by atoms with Crippen LogP contribution >= 0.6 is 11.6 Å². The Morgan fingerprint density at radius 3 is 2.48 bits per heavy atom. The third kappa shape index (κ3) is 3.60. The number of nitrogens with zero attached hydrogens (tertiary/aromatic N) is 1. The number of rotatable bonds is 3. The van der Waals surface area contributed by atoms with Crippen molar-refractivity contribution in [2.75, 3.05) is 0 Å². The van der Waals surface area contributed by atoms with Gasteiger partial charge in [0.1, 0.15) is 17.4 Å². The predicted molar refractivity (Wildman–Crippen MR) is 65.2 cm³/mol. The Labute approximate surface area is 121 Å². The van der Waals surface area contributed by atoms with Gasteiger partial charge in [-0.15, -0.1) is 11.6 Å². The molecule has 1 aromatic heterocycles. The van der Waals surface area contributed by atoms with E-state index < -0.39 is 23.4 Å². The SMILES string of the molecule is Fc1cnc(Oc2ccc(F)c(C(F)(F)F)c2)c(CCl)c1. The largest absolute Gasteiger partial charge is 0.439 e. The van der Waals surface area contributed by atoms with Gasteiger partial charge in [-0.1, -0.05) is 0 Å². The Bertz CT molecular complexity index is 659. The lowest BCUT2D eigenvalue weighted by Crippen LogP contribution is -2.08. The molecule has 0 radical (unpaired) electrons. The van der Waals surface area contributed by atoms with Crippen LogP contribution in [-0.4, -0.2) is 4.98 Å².